The number of ether oxygens (including phenoxy) is 1. The highest BCUT2D eigenvalue weighted by Crippen LogP contribution is 2.35. The zero-order valence-electron chi connectivity index (χ0n) is 25.3. The third-order valence-electron chi connectivity index (χ3n) is 8.97. The maximum Gasteiger partial charge on any atom is 0.254 e. The molecule has 2 bridgehead atoms. The molecule has 1 saturated heterocycles. The maximum absolute atomic E-state index is 13.7. The van der Waals surface area contributed by atoms with Crippen LogP contribution < -0.4 is 15.0 Å². The predicted molar refractivity (Wildman–Crippen MR) is 167 cm³/mol. The maximum atomic E-state index is 13.7. The quantitative estimate of drug-likeness (QED) is 0.496. The van der Waals surface area contributed by atoms with E-state index in [4.69, 9.17) is 4.74 Å². The van der Waals surface area contributed by atoms with Crippen LogP contribution >= 0.6 is 0 Å². The van der Waals surface area contributed by atoms with Gasteiger partial charge in [0, 0.05) is 75.0 Å². The lowest BCUT2D eigenvalue weighted by atomic mass is 9.88. The number of fused-ring (bicyclic) bond motifs is 5. The first kappa shape index (κ1) is 29.4. The second-order valence-corrected chi connectivity index (χ2v) is 12.0. The van der Waals surface area contributed by atoms with Gasteiger partial charge in [-0.1, -0.05) is 30.3 Å². The van der Waals surface area contributed by atoms with Crippen molar-refractivity contribution in [3.05, 3.63) is 94.5 Å². The Morgan fingerprint density at radius 2 is 1.66 bits per heavy atom. The first-order valence-electron chi connectivity index (χ1n) is 15.3. The third kappa shape index (κ3) is 5.91. The Balaban J connectivity index is 1.21. The Kier molecular flexibility index (Phi) is 8.37. The molecule has 3 aliphatic rings. The monoisotopic (exact) mass is 594 g/mol. The number of Topliss-reactive ketones (excluding diaryl/α,β-unsaturated/α-hetero) is 1. The second-order valence-electron chi connectivity index (χ2n) is 12.0. The first-order chi connectivity index (χ1) is 21.3. The number of carbonyl (C=O) groups is 4. The molecule has 2 aliphatic heterocycles. The van der Waals surface area contributed by atoms with E-state index in [1.807, 2.05) is 67.5 Å². The van der Waals surface area contributed by atoms with Gasteiger partial charge in [0.25, 0.3) is 11.8 Å². The van der Waals surface area contributed by atoms with Crippen LogP contribution in [0.15, 0.2) is 66.7 Å². The van der Waals surface area contributed by atoms with Crippen LogP contribution in [0.1, 0.15) is 61.0 Å². The van der Waals surface area contributed by atoms with Crippen LogP contribution in [0.2, 0.25) is 0 Å². The number of hydrogen-bond donors (Lipinski definition) is 1. The molecule has 9 heteroatoms. The van der Waals surface area contributed by atoms with E-state index < -0.39 is 5.92 Å². The Labute approximate surface area is 257 Å². The van der Waals surface area contributed by atoms with Crippen molar-refractivity contribution in [3.63, 3.8) is 0 Å². The highest BCUT2D eigenvalue weighted by Gasteiger charge is 2.41. The van der Waals surface area contributed by atoms with E-state index in [1.165, 1.54) is 0 Å². The largest absolute Gasteiger partial charge is 0.492 e. The van der Waals surface area contributed by atoms with Crippen molar-refractivity contribution < 1.29 is 23.9 Å². The van der Waals surface area contributed by atoms with Crippen LogP contribution in [0.25, 0.3) is 0 Å². The van der Waals surface area contributed by atoms with Gasteiger partial charge in [0.2, 0.25) is 5.91 Å². The molecular weight excluding hydrogens is 556 g/mol. The predicted octanol–water partition coefficient (Wildman–Crippen LogP) is 3.78. The Bertz CT molecular complexity index is 1600. The number of hydrogen-bond acceptors (Lipinski definition) is 6. The molecule has 6 rings (SSSR count). The van der Waals surface area contributed by atoms with Gasteiger partial charge < -0.3 is 24.8 Å². The van der Waals surface area contributed by atoms with Crippen molar-refractivity contribution in [2.75, 3.05) is 58.3 Å². The number of carbonyl (C=O) groups excluding carboxylic acids is 4. The molecule has 2 atom stereocenters. The Hall–Kier alpha value is -4.66. The number of amides is 3. The molecule has 0 spiro atoms. The molecule has 0 radical (unpaired) electrons. The average Bonchev–Trinajstić information content (AvgIpc) is 3.66. The summed E-state index contributed by atoms with van der Waals surface area (Å²) in [6, 6.07) is 20.6. The van der Waals surface area contributed by atoms with Crippen LogP contribution in [-0.4, -0.2) is 86.7 Å². The van der Waals surface area contributed by atoms with E-state index >= 15 is 0 Å². The second kappa shape index (κ2) is 12.5. The number of nitrogens with one attached hydrogen (secondary N) is 1. The van der Waals surface area contributed by atoms with E-state index in [0.29, 0.717) is 81.0 Å². The summed E-state index contributed by atoms with van der Waals surface area (Å²) in [6.07, 6.45) is 1.57. The minimum absolute atomic E-state index is 0.0779. The molecule has 0 saturated carbocycles. The van der Waals surface area contributed by atoms with Crippen LogP contribution in [0.3, 0.4) is 0 Å². The molecule has 1 fully saturated rings. The van der Waals surface area contributed by atoms with E-state index in [9.17, 15) is 19.2 Å². The Morgan fingerprint density at radius 1 is 0.864 bits per heavy atom. The molecule has 1 N–H and O–H groups in total. The molecule has 0 aromatic heterocycles. The zero-order valence-corrected chi connectivity index (χ0v) is 25.3. The van der Waals surface area contributed by atoms with Gasteiger partial charge in [-0.2, -0.15) is 0 Å². The van der Waals surface area contributed by atoms with Crippen molar-refractivity contribution >= 4 is 29.2 Å². The lowest BCUT2D eigenvalue weighted by molar-refractivity contribution is -0.124. The normalized spacial score (nSPS) is 20.2. The van der Waals surface area contributed by atoms with E-state index in [0.717, 1.165) is 16.8 Å². The average molecular weight is 595 g/mol. The van der Waals surface area contributed by atoms with Crippen molar-refractivity contribution in [1.29, 1.82) is 0 Å². The fraction of sp³-hybridized carbons (Fsp3) is 0.371. The highest BCUT2D eigenvalue weighted by molar-refractivity contribution is 6.05. The molecule has 1 aliphatic carbocycles. The molecular formula is C35H38N4O5. The van der Waals surface area contributed by atoms with Gasteiger partial charge in [0.1, 0.15) is 12.4 Å². The summed E-state index contributed by atoms with van der Waals surface area (Å²) in [5.41, 5.74) is 4.50. The number of nitrogens with zero attached hydrogens (tertiary/aromatic N) is 3. The molecule has 3 aromatic carbocycles. The van der Waals surface area contributed by atoms with Crippen molar-refractivity contribution in [2.45, 2.75) is 25.2 Å². The smallest absolute Gasteiger partial charge is 0.254 e. The van der Waals surface area contributed by atoms with Crippen LogP contribution in [0.4, 0.5) is 5.69 Å². The van der Waals surface area contributed by atoms with Gasteiger partial charge >= 0.3 is 0 Å². The number of anilines is 1. The lowest BCUT2D eigenvalue weighted by Gasteiger charge is -2.25. The first-order valence-corrected chi connectivity index (χ1v) is 15.3. The SMILES string of the molecule is CN(C)c1cccc(C(=O)N2C[C@@H]3C(=O)NCCCN(C(=O)c4cccc5c4CCC5=O)CCOc4cccc(c4)[C@H]3C2)c1. The van der Waals surface area contributed by atoms with Gasteiger partial charge in [-0.3, -0.25) is 19.2 Å². The summed E-state index contributed by atoms with van der Waals surface area (Å²) in [5, 5.41) is 3.09. The summed E-state index contributed by atoms with van der Waals surface area (Å²) in [5.74, 6) is -0.194. The number of likely N-dealkylation sites (tertiary alicyclic amines) is 1. The van der Waals surface area contributed by atoms with E-state index in [-0.39, 0.29) is 29.4 Å². The van der Waals surface area contributed by atoms with Gasteiger partial charge in [0.15, 0.2) is 5.78 Å². The Morgan fingerprint density at radius 3 is 2.50 bits per heavy atom. The summed E-state index contributed by atoms with van der Waals surface area (Å²) in [7, 11) is 3.87. The zero-order chi connectivity index (χ0) is 30.8. The minimum Gasteiger partial charge on any atom is -0.492 e. The number of rotatable bonds is 3. The molecule has 3 aromatic rings. The summed E-state index contributed by atoms with van der Waals surface area (Å²) in [4.78, 5) is 58.7. The highest BCUT2D eigenvalue weighted by atomic mass is 16.5. The summed E-state index contributed by atoms with van der Waals surface area (Å²) >= 11 is 0. The molecule has 0 unspecified atom stereocenters. The standard InChI is InChI=1S/C35H38N4O5/c1-37(2)25-9-3-8-24(19-25)34(42)39-21-30-23-7-4-10-26(20-23)44-18-17-38(16-6-15-36-33(41)31(30)22-39)35(43)29-12-5-11-28-27(29)13-14-32(28)40/h3-5,7-12,19-20,30-31H,6,13-18,21-22H2,1-2H3,(H,36,41)/t30-,31+/m1/s1. The van der Waals surface area contributed by atoms with E-state index in [1.54, 1.807) is 28.0 Å². The summed E-state index contributed by atoms with van der Waals surface area (Å²) < 4.78 is 6.14. The van der Waals surface area contributed by atoms with Gasteiger partial charge in [-0.05, 0) is 60.4 Å². The molecule has 9 nitrogen and oxygen atoms in total. The fourth-order valence-electron chi connectivity index (χ4n) is 6.57. The van der Waals surface area contributed by atoms with E-state index in [2.05, 4.69) is 5.32 Å². The van der Waals surface area contributed by atoms with Crippen molar-refractivity contribution in [2.24, 2.45) is 5.92 Å². The number of ketones is 1. The van der Waals surface area contributed by atoms with Crippen molar-refractivity contribution in [3.8, 4) is 5.75 Å². The van der Waals surface area contributed by atoms with Gasteiger partial charge in [-0.25, -0.2) is 0 Å². The van der Waals surface area contributed by atoms with Crippen LogP contribution in [-0.2, 0) is 11.2 Å². The van der Waals surface area contributed by atoms with Crippen LogP contribution in [0.5, 0.6) is 5.75 Å². The minimum atomic E-state index is -0.420. The van der Waals surface area contributed by atoms with Crippen molar-refractivity contribution in [1.82, 2.24) is 15.1 Å². The topological polar surface area (TPSA) is 99.3 Å². The van der Waals surface area contributed by atoms with Crippen LogP contribution in [0, 0.1) is 5.92 Å². The number of benzene rings is 3. The third-order valence-corrected chi connectivity index (χ3v) is 8.97. The van der Waals surface area contributed by atoms with Gasteiger partial charge in [-0.15, -0.1) is 0 Å². The molecule has 3 amide bonds. The van der Waals surface area contributed by atoms with Gasteiger partial charge in [0.05, 0.1) is 12.5 Å². The lowest BCUT2D eigenvalue weighted by Crippen LogP contribution is -2.39. The molecule has 228 valence electrons. The summed E-state index contributed by atoms with van der Waals surface area (Å²) in [6.45, 7) is 2.25. The molecule has 44 heavy (non-hydrogen) atoms. The fourth-order valence-corrected chi connectivity index (χ4v) is 6.57. The molecule has 2 heterocycles.